The number of anilines is 2. The lowest BCUT2D eigenvalue weighted by Crippen LogP contribution is -2.24. The van der Waals surface area contributed by atoms with Crippen molar-refractivity contribution in [2.24, 2.45) is 0 Å². The van der Waals surface area contributed by atoms with E-state index in [1.807, 2.05) is 31.2 Å². The minimum Gasteiger partial charge on any atom is -0.312 e. The average Bonchev–Trinajstić information content (AvgIpc) is 3.34. The molecule has 4 rings (SSSR count). The van der Waals surface area contributed by atoms with E-state index in [1.165, 1.54) is 23.5 Å². The molecule has 1 fully saturated rings. The summed E-state index contributed by atoms with van der Waals surface area (Å²) < 4.78 is 0. The average molecular weight is 458 g/mol. The number of nitro benzene ring substituents is 1. The number of halogens is 1. The third kappa shape index (κ3) is 4.39. The summed E-state index contributed by atoms with van der Waals surface area (Å²) in [5.74, 6) is -0.667. The summed E-state index contributed by atoms with van der Waals surface area (Å²) in [6.07, 6.45) is 0.310. The van der Waals surface area contributed by atoms with E-state index in [2.05, 4.69) is 15.5 Å². The van der Waals surface area contributed by atoms with Gasteiger partial charge in [0.15, 0.2) is 0 Å². The normalized spacial score (nSPS) is 15.9. The van der Waals surface area contributed by atoms with Gasteiger partial charge in [0.2, 0.25) is 11.0 Å². The van der Waals surface area contributed by atoms with Crippen LogP contribution in [0.5, 0.6) is 0 Å². The molecule has 0 saturated carbocycles. The fraction of sp³-hybridized carbons (Fsp3) is 0.200. The molecule has 1 saturated heterocycles. The van der Waals surface area contributed by atoms with E-state index in [4.69, 9.17) is 11.6 Å². The van der Waals surface area contributed by atoms with Crippen LogP contribution in [0.1, 0.15) is 33.3 Å². The summed E-state index contributed by atoms with van der Waals surface area (Å²) in [5.41, 5.74) is 1.80. The highest BCUT2D eigenvalue weighted by molar-refractivity contribution is 7.15. The number of aromatic nitrogens is 2. The van der Waals surface area contributed by atoms with Crippen molar-refractivity contribution in [2.45, 2.75) is 19.3 Å². The molecule has 1 aliphatic heterocycles. The summed E-state index contributed by atoms with van der Waals surface area (Å²) in [5, 5.41) is 22.4. The van der Waals surface area contributed by atoms with Crippen LogP contribution in [0.2, 0.25) is 5.02 Å². The minimum atomic E-state index is -0.590. The lowest BCUT2D eigenvalue weighted by molar-refractivity contribution is -0.384. The quantitative estimate of drug-likeness (QED) is 0.453. The summed E-state index contributed by atoms with van der Waals surface area (Å²) in [4.78, 5) is 36.9. The molecule has 1 aromatic heterocycles. The molecule has 31 heavy (non-hydrogen) atoms. The molecule has 2 amide bonds. The van der Waals surface area contributed by atoms with Crippen molar-refractivity contribution in [3.8, 4) is 0 Å². The molecular formula is C20H16ClN5O4S. The van der Waals surface area contributed by atoms with Crippen molar-refractivity contribution in [1.29, 1.82) is 0 Å². The summed E-state index contributed by atoms with van der Waals surface area (Å²) in [6, 6.07) is 11.3. The van der Waals surface area contributed by atoms with Gasteiger partial charge in [0.25, 0.3) is 11.6 Å². The highest BCUT2D eigenvalue weighted by Crippen LogP contribution is 2.34. The molecule has 11 heteroatoms. The zero-order chi connectivity index (χ0) is 22.1. The first-order valence-corrected chi connectivity index (χ1v) is 10.5. The summed E-state index contributed by atoms with van der Waals surface area (Å²) >= 11 is 7.19. The largest absolute Gasteiger partial charge is 0.312 e. The number of nitrogens with one attached hydrogen (secondary N) is 1. The van der Waals surface area contributed by atoms with Crippen LogP contribution in [0.4, 0.5) is 16.5 Å². The maximum absolute atomic E-state index is 12.5. The molecule has 0 radical (unpaired) electrons. The molecule has 0 bridgehead atoms. The van der Waals surface area contributed by atoms with Crippen molar-refractivity contribution in [2.75, 3.05) is 16.8 Å². The Bertz CT molecular complexity index is 1200. The Hall–Kier alpha value is -3.37. The Morgan fingerprint density at radius 3 is 2.81 bits per heavy atom. The second kappa shape index (κ2) is 8.40. The molecule has 0 aliphatic carbocycles. The molecule has 1 N–H and O–H groups in total. The fourth-order valence-electron chi connectivity index (χ4n) is 3.33. The first-order valence-electron chi connectivity index (χ1n) is 9.27. The Morgan fingerprint density at radius 1 is 1.29 bits per heavy atom. The van der Waals surface area contributed by atoms with Gasteiger partial charge in [-0.3, -0.25) is 25.0 Å². The molecule has 158 valence electrons. The number of carbonyl (C=O) groups excluding carboxylic acids is 2. The highest BCUT2D eigenvalue weighted by Gasteiger charge is 2.34. The van der Waals surface area contributed by atoms with Gasteiger partial charge in [-0.25, -0.2) is 0 Å². The van der Waals surface area contributed by atoms with E-state index >= 15 is 0 Å². The minimum absolute atomic E-state index is 0.00838. The number of rotatable bonds is 5. The van der Waals surface area contributed by atoms with Crippen molar-refractivity contribution in [3.63, 3.8) is 0 Å². The third-order valence-corrected chi connectivity index (χ3v) is 6.17. The summed E-state index contributed by atoms with van der Waals surface area (Å²) in [7, 11) is 0. The molecule has 3 aromatic rings. The number of amides is 2. The van der Waals surface area contributed by atoms with Crippen molar-refractivity contribution in [3.05, 3.63) is 73.7 Å². The predicted molar refractivity (Wildman–Crippen MR) is 117 cm³/mol. The molecular weight excluding hydrogens is 442 g/mol. The van der Waals surface area contributed by atoms with Gasteiger partial charge in [-0.05, 0) is 30.7 Å². The zero-order valence-electron chi connectivity index (χ0n) is 16.2. The summed E-state index contributed by atoms with van der Waals surface area (Å²) in [6.45, 7) is 2.46. The van der Waals surface area contributed by atoms with Crippen LogP contribution >= 0.6 is 22.9 Å². The van der Waals surface area contributed by atoms with Crippen molar-refractivity contribution < 1.29 is 14.5 Å². The van der Waals surface area contributed by atoms with Gasteiger partial charge in [-0.2, -0.15) is 0 Å². The smallest absolute Gasteiger partial charge is 0.270 e. The van der Waals surface area contributed by atoms with Crippen LogP contribution in [0.25, 0.3) is 0 Å². The molecule has 0 spiro atoms. The topological polar surface area (TPSA) is 118 Å². The van der Waals surface area contributed by atoms with E-state index in [-0.39, 0.29) is 33.2 Å². The third-order valence-electron chi connectivity index (χ3n) is 4.86. The van der Waals surface area contributed by atoms with Crippen LogP contribution < -0.4 is 10.2 Å². The SMILES string of the molecule is Cc1cccc(N2CC(c3nnc(NC(=O)c4ccc([N+](=O)[O-])cc4Cl)s3)CC2=O)c1. The first kappa shape index (κ1) is 20.9. The second-order valence-electron chi connectivity index (χ2n) is 7.07. The highest BCUT2D eigenvalue weighted by atomic mass is 35.5. The predicted octanol–water partition coefficient (Wildman–Crippen LogP) is 4.18. The Morgan fingerprint density at radius 2 is 2.10 bits per heavy atom. The van der Waals surface area contributed by atoms with E-state index in [0.717, 1.165) is 17.3 Å². The van der Waals surface area contributed by atoms with Gasteiger partial charge in [0, 0.05) is 36.7 Å². The van der Waals surface area contributed by atoms with Crippen LogP contribution in [-0.4, -0.2) is 33.5 Å². The van der Waals surface area contributed by atoms with Crippen LogP contribution in [0.3, 0.4) is 0 Å². The molecule has 1 atom stereocenters. The second-order valence-corrected chi connectivity index (χ2v) is 8.48. The number of non-ortho nitro benzene ring substituents is 1. The number of carbonyl (C=O) groups is 2. The lowest BCUT2D eigenvalue weighted by atomic mass is 10.1. The number of nitrogens with zero attached hydrogens (tertiary/aromatic N) is 4. The van der Waals surface area contributed by atoms with Gasteiger partial charge in [0.05, 0.1) is 15.5 Å². The van der Waals surface area contributed by atoms with Gasteiger partial charge < -0.3 is 4.90 Å². The van der Waals surface area contributed by atoms with Crippen LogP contribution in [0.15, 0.2) is 42.5 Å². The maximum Gasteiger partial charge on any atom is 0.270 e. The zero-order valence-corrected chi connectivity index (χ0v) is 17.8. The van der Waals surface area contributed by atoms with Gasteiger partial charge in [-0.15, -0.1) is 10.2 Å². The number of benzene rings is 2. The Balaban J connectivity index is 1.46. The Kier molecular flexibility index (Phi) is 5.66. The number of hydrogen-bond acceptors (Lipinski definition) is 7. The number of hydrogen-bond donors (Lipinski definition) is 1. The van der Waals surface area contributed by atoms with Crippen molar-refractivity contribution >= 4 is 51.3 Å². The fourth-order valence-corrected chi connectivity index (χ4v) is 4.42. The maximum atomic E-state index is 12.5. The molecule has 1 aliphatic rings. The number of aryl methyl sites for hydroxylation is 1. The van der Waals surface area contributed by atoms with Crippen LogP contribution in [0, 0.1) is 17.0 Å². The van der Waals surface area contributed by atoms with Crippen molar-refractivity contribution in [1.82, 2.24) is 10.2 Å². The number of nitro groups is 1. The van der Waals surface area contributed by atoms with Gasteiger partial charge in [0.1, 0.15) is 5.01 Å². The Labute approximate surface area is 185 Å². The molecule has 9 nitrogen and oxygen atoms in total. The molecule has 2 heterocycles. The van der Waals surface area contributed by atoms with E-state index in [0.29, 0.717) is 18.0 Å². The first-order chi connectivity index (χ1) is 14.8. The van der Waals surface area contributed by atoms with E-state index in [9.17, 15) is 19.7 Å². The van der Waals surface area contributed by atoms with Gasteiger partial charge >= 0.3 is 0 Å². The standard InChI is InChI=1S/C20H16ClN5O4S/c1-11-3-2-4-13(7-11)25-10-12(8-17(25)27)19-23-24-20(31-19)22-18(28)15-6-5-14(26(29)30)9-16(15)21/h2-7,9,12H,8,10H2,1H3,(H,22,24,28). The van der Waals surface area contributed by atoms with E-state index < -0.39 is 10.8 Å². The molecule has 1 unspecified atom stereocenters. The van der Waals surface area contributed by atoms with E-state index in [1.54, 1.807) is 4.90 Å². The van der Waals surface area contributed by atoms with Crippen LogP contribution in [-0.2, 0) is 4.79 Å². The molecule has 2 aromatic carbocycles. The lowest BCUT2D eigenvalue weighted by Gasteiger charge is -2.16. The monoisotopic (exact) mass is 457 g/mol. The van der Waals surface area contributed by atoms with Gasteiger partial charge in [-0.1, -0.05) is 35.1 Å².